The fourth-order valence-electron chi connectivity index (χ4n) is 3.37. The molecule has 0 radical (unpaired) electrons. The highest BCUT2D eigenvalue weighted by Gasteiger charge is 2.29. The van der Waals surface area contributed by atoms with Crippen molar-refractivity contribution in [2.75, 3.05) is 23.4 Å². The van der Waals surface area contributed by atoms with E-state index in [4.69, 9.17) is 21.1 Å². The standard InChI is InChI=1S/C20H21ClN6O3S/c1-12-9-29-10-13(2)27(12)17-8-22-6-5-16(17)18(28)24-19-25-26-20(31-19)30-11-15-4-3-14(21)7-23-15/h3-8,12-13H,9-11H2,1-2H3,(H,24,25,28)/t12-,13?/m0/s1. The van der Waals surface area contributed by atoms with E-state index in [0.717, 1.165) is 17.0 Å². The zero-order chi connectivity index (χ0) is 21.8. The summed E-state index contributed by atoms with van der Waals surface area (Å²) in [5, 5.41) is 12.0. The first-order valence-electron chi connectivity index (χ1n) is 9.69. The van der Waals surface area contributed by atoms with Gasteiger partial charge in [-0.3, -0.25) is 20.1 Å². The van der Waals surface area contributed by atoms with Crippen molar-refractivity contribution in [2.24, 2.45) is 0 Å². The van der Waals surface area contributed by atoms with Crippen LogP contribution in [-0.2, 0) is 11.3 Å². The summed E-state index contributed by atoms with van der Waals surface area (Å²) in [5.41, 5.74) is 1.98. The van der Waals surface area contributed by atoms with Crippen molar-refractivity contribution in [3.8, 4) is 5.19 Å². The van der Waals surface area contributed by atoms with Crippen LogP contribution in [0.15, 0.2) is 36.8 Å². The van der Waals surface area contributed by atoms with Gasteiger partial charge in [0.05, 0.1) is 53.5 Å². The first-order chi connectivity index (χ1) is 15.0. The van der Waals surface area contributed by atoms with Crippen molar-refractivity contribution in [1.82, 2.24) is 20.2 Å². The Morgan fingerprint density at radius 2 is 2.06 bits per heavy atom. The Labute approximate surface area is 188 Å². The molecule has 0 saturated carbocycles. The van der Waals surface area contributed by atoms with E-state index in [1.165, 1.54) is 0 Å². The summed E-state index contributed by atoms with van der Waals surface area (Å²) in [7, 11) is 0. The lowest BCUT2D eigenvalue weighted by Crippen LogP contribution is -2.50. The molecule has 3 aromatic heterocycles. The Kier molecular flexibility index (Phi) is 6.59. The first-order valence-corrected chi connectivity index (χ1v) is 10.9. The molecular weight excluding hydrogens is 440 g/mol. The number of nitrogens with zero attached hydrogens (tertiary/aromatic N) is 5. The third kappa shape index (κ3) is 5.09. The van der Waals surface area contributed by atoms with E-state index in [2.05, 4.69) is 44.2 Å². The van der Waals surface area contributed by atoms with Crippen LogP contribution in [0, 0.1) is 0 Å². The molecule has 3 aromatic rings. The molecule has 4 rings (SSSR count). The lowest BCUT2D eigenvalue weighted by Gasteiger charge is -2.41. The summed E-state index contributed by atoms with van der Waals surface area (Å²) in [6.45, 7) is 5.54. The minimum absolute atomic E-state index is 0.127. The molecule has 162 valence electrons. The lowest BCUT2D eigenvalue weighted by molar-refractivity contribution is 0.0754. The molecule has 1 N–H and O–H groups in total. The van der Waals surface area contributed by atoms with E-state index in [1.54, 1.807) is 36.8 Å². The van der Waals surface area contributed by atoms with Gasteiger partial charge < -0.3 is 14.4 Å². The van der Waals surface area contributed by atoms with Crippen LogP contribution in [0.25, 0.3) is 0 Å². The van der Waals surface area contributed by atoms with Crippen LogP contribution < -0.4 is 15.0 Å². The van der Waals surface area contributed by atoms with Gasteiger partial charge in [-0.05, 0) is 43.4 Å². The molecule has 31 heavy (non-hydrogen) atoms. The number of pyridine rings is 2. The quantitative estimate of drug-likeness (QED) is 0.596. The minimum atomic E-state index is -0.287. The second-order valence-electron chi connectivity index (χ2n) is 7.12. The zero-order valence-corrected chi connectivity index (χ0v) is 18.6. The van der Waals surface area contributed by atoms with Crippen molar-refractivity contribution in [1.29, 1.82) is 0 Å². The molecule has 0 aliphatic carbocycles. The summed E-state index contributed by atoms with van der Waals surface area (Å²) in [6.07, 6.45) is 4.86. The van der Waals surface area contributed by atoms with Gasteiger partial charge in [-0.15, -0.1) is 5.10 Å². The maximum Gasteiger partial charge on any atom is 0.296 e. The van der Waals surface area contributed by atoms with Gasteiger partial charge in [0.1, 0.15) is 6.61 Å². The Morgan fingerprint density at radius 3 is 2.81 bits per heavy atom. The predicted octanol–water partition coefficient (Wildman–Crippen LogP) is 3.43. The van der Waals surface area contributed by atoms with Gasteiger partial charge in [0, 0.05) is 12.4 Å². The number of aromatic nitrogens is 4. The van der Waals surface area contributed by atoms with Crippen molar-refractivity contribution in [3.05, 3.63) is 53.1 Å². The van der Waals surface area contributed by atoms with Gasteiger partial charge in [-0.1, -0.05) is 16.7 Å². The zero-order valence-electron chi connectivity index (χ0n) is 17.0. The second kappa shape index (κ2) is 9.54. The highest BCUT2D eigenvalue weighted by atomic mass is 35.5. The third-order valence-corrected chi connectivity index (χ3v) is 5.72. The summed E-state index contributed by atoms with van der Waals surface area (Å²) in [4.78, 5) is 23.5. The molecule has 9 nitrogen and oxygen atoms in total. The van der Waals surface area contributed by atoms with Crippen LogP contribution in [0.1, 0.15) is 29.9 Å². The van der Waals surface area contributed by atoms with Crippen molar-refractivity contribution >= 4 is 39.7 Å². The monoisotopic (exact) mass is 460 g/mol. The SMILES string of the molecule is CC1COC[C@H](C)N1c1cnccc1C(=O)Nc1nnc(OCc2ccc(Cl)cn2)s1. The predicted molar refractivity (Wildman–Crippen MR) is 118 cm³/mol. The topological polar surface area (TPSA) is 102 Å². The maximum absolute atomic E-state index is 13.0. The number of hydrogen-bond donors (Lipinski definition) is 1. The number of anilines is 2. The number of halogens is 1. The fourth-order valence-corrected chi connectivity index (χ4v) is 4.08. The Morgan fingerprint density at radius 1 is 1.26 bits per heavy atom. The lowest BCUT2D eigenvalue weighted by atomic mass is 10.1. The fraction of sp³-hybridized carbons (Fsp3) is 0.350. The van der Waals surface area contributed by atoms with Crippen LogP contribution >= 0.6 is 22.9 Å². The summed E-state index contributed by atoms with van der Waals surface area (Å²) in [5.74, 6) is -0.287. The number of carbonyl (C=O) groups excluding carboxylic acids is 1. The molecule has 0 spiro atoms. The summed E-state index contributed by atoms with van der Waals surface area (Å²) < 4.78 is 11.2. The molecule has 0 bridgehead atoms. The molecule has 1 unspecified atom stereocenters. The number of ether oxygens (including phenoxy) is 2. The highest BCUT2D eigenvalue weighted by Crippen LogP contribution is 2.28. The Bertz CT molecular complexity index is 1040. The van der Waals surface area contributed by atoms with Crippen molar-refractivity contribution < 1.29 is 14.3 Å². The third-order valence-electron chi connectivity index (χ3n) is 4.75. The number of carbonyl (C=O) groups is 1. The molecule has 2 atom stereocenters. The summed E-state index contributed by atoms with van der Waals surface area (Å²) >= 11 is 6.97. The van der Waals surface area contributed by atoms with Crippen LogP contribution in [-0.4, -0.2) is 51.4 Å². The number of hydrogen-bond acceptors (Lipinski definition) is 9. The Balaban J connectivity index is 1.44. The van der Waals surface area contributed by atoms with Gasteiger partial charge in [-0.2, -0.15) is 0 Å². The van der Waals surface area contributed by atoms with Crippen molar-refractivity contribution in [3.63, 3.8) is 0 Å². The van der Waals surface area contributed by atoms with E-state index < -0.39 is 0 Å². The summed E-state index contributed by atoms with van der Waals surface area (Å²) in [6, 6.07) is 5.46. The molecular formula is C20H21ClN6O3S. The number of nitrogens with one attached hydrogen (secondary N) is 1. The van der Waals surface area contributed by atoms with Crippen LogP contribution in [0.4, 0.5) is 10.8 Å². The van der Waals surface area contributed by atoms with E-state index in [-0.39, 0.29) is 24.6 Å². The largest absolute Gasteiger partial charge is 0.462 e. The van der Waals surface area contributed by atoms with Gasteiger partial charge in [0.15, 0.2) is 0 Å². The van der Waals surface area contributed by atoms with Gasteiger partial charge in [-0.25, -0.2) is 0 Å². The van der Waals surface area contributed by atoms with Gasteiger partial charge in [0.25, 0.3) is 11.1 Å². The second-order valence-corrected chi connectivity index (χ2v) is 8.50. The first kappa shape index (κ1) is 21.4. The normalized spacial score (nSPS) is 18.6. The number of morpholine rings is 1. The minimum Gasteiger partial charge on any atom is -0.462 e. The molecule has 0 aromatic carbocycles. The Hall–Kier alpha value is -2.82. The highest BCUT2D eigenvalue weighted by molar-refractivity contribution is 7.17. The van der Waals surface area contributed by atoms with Crippen LogP contribution in [0.2, 0.25) is 5.02 Å². The van der Waals surface area contributed by atoms with Gasteiger partial charge in [0.2, 0.25) is 5.13 Å². The van der Waals surface area contributed by atoms with E-state index in [9.17, 15) is 4.79 Å². The van der Waals surface area contributed by atoms with Crippen molar-refractivity contribution in [2.45, 2.75) is 32.5 Å². The molecule has 1 saturated heterocycles. The van der Waals surface area contributed by atoms with E-state index in [0.29, 0.717) is 39.8 Å². The van der Waals surface area contributed by atoms with E-state index in [1.807, 2.05) is 0 Å². The number of amides is 1. The van der Waals surface area contributed by atoms with Crippen LogP contribution in [0.5, 0.6) is 5.19 Å². The molecule has 11 heteroatoms. The van der Waals surface area contributed by atoms with E-state index >= 15 is 0 Å². The smallest absolute Gasteiger partial charge is 0.296 e. The molecule has 4 heterocycles. The maximum atomic E-state index is 13.0. The van der Waals surface area contributed by atoms with Gasteiger partial charge >= 0.3 is 0 Å². The number of rotatable bonds is 6. The molecule has 1 aliphatic rings. The average Bonchev–Trinajstić information content (AvgIpc) is 3.21. The van der Waals surface area contributed by atoms with Crippen LogP contribution in [0.3, 0.4) is 0 Å². The average molecular weight is 461 g/mol. The molecule has 1 aliphatic heterocycles. The molecule has 1 fully saturated rings. The molecule has 1 amide bonds.